The van der Waals surface area contributed by atoms with E-state index in [1.807, 2.05) is 0 Å². The number of aliphatic hydroxyl groups is 2. The average Bonchev–Trinajstić information content (AvgIpc) is 1.65. The van der Waals surface area contributed by atoms with Gasteiger partial charge >= 0.3 is 0 Å². The third-order valence-corrected chi connectivity index (χ3v) is 0.544. The Kier molecular flexibility index (Phi) is 3.02. The van der Waals surface area contributed by atoms with Gasteiger partial charge in [-0.15, -0.1) is 0 Å². The zero-order valence-corrected chi connectivity index (χ0v) is 3.59. The Bertz CT molecular complexity index is 28.0. The molecule has 0 aliphatic rings. The SMILES string of the molecule is [NH3+]CC(O)CO. The number of quaternary nitrogens is 1. The van der Waals surface area contributed by atoms with Crippen LogP contribution in [0.1, 0.15) is 0 Å². The number of aliphatic hydroxyl groups excluding tert-OH is 2. The van der Waals surface area contributed by atoms with Gasteiger partial charge < -0.3 is 15.9 Å². The highest BCUT2D eigenvalue weighted by Gasteiger charge is 1.95. The van der Waals surface area contributed by atoms with Gasteiger partial charge in [-0.1, -0.05) is 0 Å². The summed E-state index contributed by atoms with van der Waals surface area (Å²) in [5, 5.41) is 16.4. The molecule has 6 heavy (non-hydrogen) atoms. The van der Waals surface area contributed by atoms with Gasteiger partial charge in [0.15, 0.2) is 0 Å². The van der Waals surface area contributed by atoms with Crippen molar-refractivity contribution >= 4 is 0 Å². The van der Waals surface area contributed by atoms with Gasteiger partial charge in [0.25, 0.3) is 0 Å². The highest BCUT2D eigenvalue weighted by Crippen LogP contribution is 1.67. The second-order valence-electron chi connectivity index (χ2n) is 1.13. The van der Waals surface area contributed by atoms with E-state index in [1.165, 1.54) is 0 Å². The van der Waals surface area contributed by atoms with E-state index in [9.17, 15) is 0 Å². The summed E-state index contributed by atoms with van der Waals surface area (Å²) in [5.74, 6) is 0. The zero-order valence-electron chi connectivity index (χ0n) is 3.59. The summed E-state index contributed by atoms with van der Waals surface area (Å²) in [6.07, 6.45) is -0.620. The zero-order chi connectivity index (χ0) is 4.99. The van der Waals surface area contributed by atoms with E-state index in [2.05, 4.69) is 5.73 Å². The first-order valence-corrected chi connectivity index (χ1v) is 1.89. The molecule has 0 aromatic carbocycles. The van der Waals surface area contributed by atoms with Crippen LogP contribution < -0.4 is 5.73 Å². The first-order valence-electron chi connectivity index (χ1n) is 1.89. The molecule has 3 heteroatoms. The number of rotatable bonds is 2. The Morgan fingerprint density at radius 2 is 2.17 bits per heavy atom. The molecule has 1 atom stereocenters. The summed E-state index contributed by atoms with van der Waals surface area (Å²) in [4.78, 5) is 0. The van der Waals surface area contributed by atoms with Crippen LogP contribution in [-0.2, 0) is 0 Å². The van der Waals surface area contributed by atoms with Crippen LogP contribution in [0.15, 0.2) is 0 Å². The molecule has 0 spiro atoms. The lowest BCUT2D eigenvalue weighted by molar-refractivity contribution is -0.385. The molecule has 0 aromatic heterocycles. The molecule has 0 radical (unpaired) electrons. The van der Waals surface area contributed by atoms with Gasteiger partial charge in [-0.25, -0.2) is 0 Å². The van der Waals surface area contributed by atoms with E-state index in [0.717, 1.165) is 0 Å². The van der Waals surface area contributed by atoms with Gasteiger partial charge in [-0.3, -0.25) is 0 Å². The second kappa shape index (κ2) is 3.08. The molecule has 3 nitrogen and oxygen atoms in total. The fraction of sp³-hybridized carbons (Fsp3) is 1.00. The molecule has 0 saturated carbocycles. The van der Waals surface area contributed by atoms with Crippen LogP contribution in [0.4, 0.5) is 0 Å². The molecule has 0 fully saturated rings. The maximum Gasteiger partial charge on any atom is 0.126 e. The molecule has 0 amide bonds. The lowest BCUT2D eigenvalue weighted by atomic mass is 10.4. The highest BCUT2D eigenvalue weighted by atomic mass is 16.3. The summed E-state index contributed by atoms with van der Waals surface area (Å²) >= 11 is 0. The maximum atomic E-state index is 8.35. The van der Waals surface area contributed by atoms with Crippen LogP contribution in [0.25, 0.3) is 0 Å². The van der Waals surface area contributed by atoms with Crippen molar-refractivity contribution in [3.63, 3.8) is 0 Å². The van der Waals surface area contributed by atoms with E-state index in [-0.39, 0.29) is 6.61 Å². The van der Waals surface area contributed by atoms with Crippen molar-refractivity contribution in [1.82, 2.24) is 0 Å². The molecule has 0 bridgehead atoms. The van der Waals surface area contributed by atoms with Crippen LogP contribution in [0.5, 0.6) is 0 Å². The molecule has 38 valence electrons. The van der Waals surface area contributed by atoms with Gasteiger partial charge in [0, 0.05) is 0 Å². The first-order chi connectivity index (χ1) is 2.81. The maximum absolute atomic E-state index is 8.35. The summed E-state index contributed by atoms with van der Waals surface area (Å²) in [5.41, 5.74) is 3.35. The van der Waals surface area contributed by atoms with Crippen LogP contribution in [-0.4, -0.2) is 29.5 Å². The summed E-state index contributed by atoms with van der Waals surface area (Å²) in [6.45, 7) is 0.208. The van der Waals surface area contributed by atoms with Crippen LogP contribution in [0, 0.1) is 0 Å². The minimum atomic E-state index is -0.620. The van der Waals surface area contributed by atoms with Gasteiger partial charge in [-0.2, -0.15) is 0 Å². The van der Waals surface area contributed by atoms with Crippen molar-refractivity contribution < 1.29 is 15.9 Å². The Morgan fingerprint density at radius 1 is 1.67 bits per heavy atom. The van der Waals surface area contributed by atoms with E-state index in [1.54, 1.807) is 0 Å². The third-order valence-electron chi connectivity index (χ3n) is 0.544. The number of hydrogen-bond acceptors (Lipinski definition) is 2. The van der Waals surface area contributed by atoms with Gasteiger partial charge in [0.2, 0.25) is 0 Å². The first kappa shape index (κ1) is 5.88. The molecule has 0 rings (SSSR count). The van der Waals surface area contributed by atoms with Crippen molar-refractivity contribution in [3.05, 3.63) is 0 Å². The van der Waals surface area contributed by atoms with E-state index < -0.39 is 6.10 Å². The largest absolute Gasteiger partial charge is 0.393 e. The molecule has 0 aromatic rings. The van der Waals surface area contributed by atoms with E-state index in [0.29, 0.717) is 6.54 Å². The molecule has 5 N–H and O–H groups in total. The smallest absolute Gasteiger partial charge is 0.126 e. The predicted octanol–water partition coefficient (Wildman–Crippen LogP) is -2.42. The Labute approximate surface area is 36.4 Å². The Balaban J connectivity index is 2.75. The lowest BCUT2D eigenvalue weighted by Gasteiger charge is -1.94. The molecular weight excluding hydrogens is 82.0 g/mol. The van der Waals surface area contributed by atoms with Crippen molar-refractivity contribution in [2.75, 3.05) is 13.2 Å². The Morgan fingerprint density at radius 3 is 2.17 bits per heavy atom. The highest BCUT2D eigenvalue weighted by molar-refractivity contribution is 4.42. The van der Waals surface area contributed by atoms with Crippen molar-refractivity contribution in [2.45, 2.75) is 6.10 Å². The van der Waals surface area contributed by atoms with Gasteiger partial charge in [-0.05, 0) is 0 Å². The molecule has 0 heterocycles. The Hall–Kier alpha value is -0.120. The standard InChI is InChI=1S/C3H9NO2/c4-1-3(6)2-5/h3,5-6H,1-2,4H2/p+1. The molecule has 0 aliphatic heterocycles. The van der Waals surface area contributed by atoms with Crippen molar-refractivity contribution in [1.29, 1.82) is 0 Å². The quantitative estimate of drug-likeness (QED) is 0.355. The van der Waals surface area contributed by atoms with E-state index >= 15 is 0 Å². The van der Waals surface area contributed by atoms with Crippen molar-refractivity contribution in [2.24, 2.45) is 0 Å². The minimum absolute atomic E-state index is 0.177. The van der Waals surface area contributed by atoms with Crippen LogP contribution in [0.3, 0.4) is 0 Å². The number of hydrogen-bond donors (Lipinski definition) is 3. The van der Waals surface area contributed by atoms with Gasteiger partial charge in [0.1, 0.15) is 12.6 Å². The molecular formula is C3H10NO2+. The predicted molar refractivity (Wildman–Crippen MR) is 20.8 cm³/mol. The summed E-state index contributed by atoms with van der Waals surface area (Å²) in [6, 6.07) is 0. The average molecular weight is 92.1 g/mol. The fourth-order valence-electron chi connectivity index (χ4n) is 0.0913. The summed E-state index contributed by atoms with van der Waals surface area (Å²) in [7, 11) is 0. The minimum Gasteiger partial charge on any atom is -0.393 e. The van der Waals surface area contributed by atoms with Crippen LogP contribution >= 0.6 is 0 Å². The molecule has 1 unspecified atom stereocenters. The topological polar surface area (TPSA) is 68.1 Å². The monoisotopic (exact) mass is 92.1 g/mol. The van der Waals surface area contributed by atoms with E-state index in [4.69, 9.17) is 10.2 Å². The molecule has 0 aliphatic carbocycles. The lowest BCUT2D eigenvalue weighted by Crippen LogP contribution is -2.56. The van der Waals surface area contributed by atoms with Crippen molar-refractivity contribution in [3.8, 4) is 0 Å². The second-order valence-corrected chi connectivity index (χ2v) is 1.13. The third kappa shape index (κ3) is 2.14. The summed E-state index contributed by atoms with van der Waals surface area (Å²) < 4.78 is 0. The normalized spacial score (nSPS) is 14.5. The van der Waals surface area contributed by atoms with Gasteiger partial charge in [0.05, 0.1) is 6.61 Å². The fourth-order valence-corrected chi connectivity index (χ4v) is 0.0913. The molecule has 0 saturated heterocycles. The van der Waals surface area contributed by atoms with Crippen LogP contribution in [0.2, 0.25) is 0 Å².